The second-order valence-corrected chi connectivity index (χ2v) is 4.41. The summed E-state index contributed by atoms with van der Waals surface area (Å²) >= 11 is 0. The lowest BCUT2D eigenvalue weighted by Crippen LogP contribution is -2.22. The van der Waals surface area contributed by atoms with Crippen LogP contribution in [0.25, 0.3) is 11.4 Å². The third kappa shape index (κ3) is 3.34. The van der Waals surface area contributed by atoms with Gasteiger partial charge in [0.25, 0.3) is 0 Å². The van der Waals surface area contributed by atoms with Crippen molar-refractivity contribution in [3.05, 3.63) is 48.0 Å². The minimum absolute atomic E-state index is 0.253. The van der Waals surface area contributed by atoms with Crippen molar-refractivity contribution in [2.75, 3.05) is 0 Å². The fraction of sp³-hybridized carbons (Fsp3) is 0.286. The Morgan fingerprint density at radius 2 is 1.89 bits per heavy atom. The molecule has 3 nitrogen and oxygen atoms in total. The van der Waals surface area contributed by atoms with Gasteiger partial charge in [0.15, 0.2) is 5.82 Å². The standard InChI is InChI=1S/C14H16FN3/c1-10(2)17-9-13-7-8-16-14(18-13)11-3-5-12(15)6-4-11/h3-8,10,17H,9H2,1-2H3. The van der Waals surface area contributed by atoms with Gasteiger partial charge in [-0.05, 0) is 30.3 Å². The molecule has 0 aliphatic rings. The van der Waals surface area contributed by atoms with Crippen molar-refractivity contribution in [3.63, 3.8) is 0 Å². The van der Waals surface area contributed by atoms with Crippen molar-refractivity contribution in [2.45, 2.75) is 26.4 Å². The van der Waals surface area contributed by atoms with E-state index in [9.17, 15) is 4.39 Å². The van der Waals surface area contributed by atoms with E-state index in [0.29, 0.717) is 18.4 Å². The summed E-state index contributed by atoms with van der Waals surface area (Å²) in [5.74, 6) is 0.370. The van der Waals surface area contributed by atoms with E-state index in [1.54, 1.807) is 18.3 Å². The van der Waals surface area contributed by atoms with Crippen LogP contribution in [-0.2, 0) is 6.54 Å². The normalized spacial score (nSPS) is 10.9. The number of hydrogen-bond donors (Lipinski definition) is 1. The van der Waals surface area contributed by atoms with Crippen molar-refractivity contribution in [1.29, 1.82) is 0 Å². The Hall–Kier alpha value is -1.81. The summed E-state index contributed by atoms with van der Waals surface area (Å²) in [4.78, 5) is 8.65. The van der Waals surface area contributed by atoms with Gasteiger partial charge >= 0.3 is 0 Å². The van der Waals surface area contributed by atoms with E-state index in [1.807, 2.05) is 6.07 Å². The zero-order chi connectivity index (χ0) is 13.0. The minimum atomic E-state index is -0.253. The van der Waals surface area contributed by atoms with Gasteiger partial charge in [0.05, 0.1) is 5.69 Å². The van der Waals surface area contributed by atoms with E-state index in [-0.39, 0.29) is 5.82 Å². The highest BCUT2D eigenvalue weighted by atomic mass is 19.1. The SMILES string of the molecule is CC(C)NCc1ccnc(-c2ccc(F)cc2)n1. The smallest absolute Gasteiger partial charge is 0.159 e. The average Bonchev–Trinajstić information content (AvgIpc) is 2.37. The maximum atomic E-state index is 12.8. The third-order valence-corrected chi connectivity index (χ3v) is 2.51. The molecule has 0 atom stereocenters. The summed E-state index contributed by atoms with van der Waals surface area (Å²) in [5, 5.41) is 3.30. The molecule has 1 aromatic heterocycles. The van der Waals surface area contributed by atoms with Gasteiger partial charge in [-0.15, -0.1) is 0 Å². The van der Waals surface area contributed by atoms with Gasteiger partial charge in [-0.2, -0.15) is 0 Å². The Labute approximate surface area is 106 Å². The third-order valence-electron chi connectivity index (χ3n) is 2.51. The van der Waals surface area contributed by atoms with Crippen LogP contribution in [0.1, 0.15) is 19.5 Å². The van der Waals surface area contributed by atoms with E-state index < -0.39 is 0 Å². The molecule has 0 aliphatic carbocycles. The highest BCUT2D eigenvalue weighted by molar-refractivity contribution is 5.54. The molecule has 0 radical (unpaired) electrons. The average molecular weight is 245 g/mol. The van der Waals surface area contributed by atoms with Gasteiger partial charge in [0.2, 0.25) is 0 Å². The number of nitrogens with zero attached hydrogens (tertiary/aromatic N) is 2. The van der Waals surface area contributed by atoms with Gasteiger partial charge in [-0.1, -0.05) is 13.8 Å². The molecule has 0 saturated heterocycles. The number of halogens is 1. The van der Waals surface area contributed by atoms with E-state index >= 15 is 0 Å². The quantitative estimate of drug-likeness (QED) is 0.900. The van der Waals surface area contributed by atoms with E-state index in [2.05, 4.69) is 29.1 Å². The summed E-state index contributed by atoms with van der Waals surface area (Å²) in [6.45, 7) is 4.87. The summed E-state index contributed by atoms with van der Waals surface area (Å²) in [5.41, 5.74) is 1.75. The van der Waals surface area contributed by atoms with Crippen molar-refractivity contribution >= 4 is 0 Å². The molecule has 1 aromatic carbocycles. The van der Waals surface area contributed by atoms with Gasteiger partial charge in [-0.3, -0.25) is 0 Å². The molecular formula is C14H16FN3. The first-order chi connectivity index (χ1) is 8.65. The maximum absolute atomic E-state index is 12.8. The Balaban J connectivity index is 2.18. The fourth-order valence-electron chi connectivity index (χ4n) is 1.54. The zero-order valence-electron chi connectivity index (χ0n) is 10.5. The van der Waals surface area contributed by atoms with Crippen molar-refractivity contribution < 1.29 is 4.39 Å². The van der Waals surface area contributed by atoms with Crippen LogP contribution in [-0.4, -0.2) is 16.0 Å². The highest BCUT2D eigenvalue weighted by Gasteiger charge is 2.03. The Bertz CT molecular complexity index is 509. The van der Waals surface area contributed by atoms with E-state index in [1.165, 1.54) is 12.1 Å². The number of benzene rings is 1. The molecule has 0 amide bonds. The van der Waals surface area contributed by atoms with Crippen LogP contribution < -0.4 is 5.32 Å². The molecule has 0 unspecified atom stereocenters. The molecule has 18 heavy (non-hydrogen) atoms. The lowest BCUT2D eigenvalue weighted by Gasteiger charge is -2.08. The van der Waals surface area contributed by atoms with Crippen LogP contribution in [0.2, 0.25) is 0 Å². The fourth-order valence-corrected chi connectivity index (χ4v) is 1.54. The predicted octanol–water partition coefficient (Wildman–Crippen LogP) is 2.78. The van der Waals surface area contributed by atoms with Crippen LogP contribution in [0.15, 0.2) is 36.5 Å². The Morgan fingerprint density at radius 3 is 2.56 bits per heavy atom. The largest absolute Gasteiger partial charge is 0.309 e. The van der Waals surface area contributed by atoms with Crippen molar-refractivity contribution in [2.24, 2.45) is 0 Å². The van der Waals surface area contributed by atoms with Crippen LogP contribution in [0.3, 0.4) is 0 Å². The topological polar surface area (TPSA) is 37.8 Å². The summed E-state index contributed by atoms with van der Waals surface area (Å²) < 4.78 is 12.8. The number of aromatic nitrogens is 2. The molecule has 1 heterocycles. The molecular weight excluding hydrogens is 229 g/mol. The zero-order valence-corrected chi connectivity index (χ0v) is 10.5. The Morgan fingerprint density at radius 1 is 1.17 bits per heavy atom. The van der Waals surface area contributed by atoms with Gasteiger partial charge in [0.1, 0.15) is 5.82 Å². The summed E-state index contributed by atoms with van der Waals surface area (Å²) in [7, 11) is 0. The first kappa shape index (κ1) is 12.6. The van der Waals surface area contributed by atoms with Crippen LogP contribution in [0.5, 0.6) is 0 Å². The van der Waals surface area contributed by atoms with Crippen molar-refractivity contribution in [3.8, 4) is 11.4 Å². The number of rotatable bonds is 4. The molecule has 0 fully saturated rings. The van der Waals surface area contributed by atoms with Crippen molar-refractivity contribution in [1.82, 2.24) is 15.3 Å². The molecule has 0 saturated carbocycles. The van der Waals surface area contributed by atoms with Gasteiger partial charge in [0, 0.05) is 24.3 Å². The maximum Gasteiger partial charge on any atom is 0.159 e. The first-order valence-corrected chi connectivity index (χ1v) is 5.96. The molecule has 0 bridgehead atoms. The minimum Gasteiger partial charge on any atom is -0.309 e. The summed E-state index contributed by atoms with van der Waals surface area (Å²) in [6.07, 6.45) is 1.73. The summed E-state index contributed by atoms with van der Waals surface area (Å²) in [6, 6.07) is 8.49. The number of hydrogen-bond acceptors (Lipinski definition) is 3. The Kier molecular flexibility index (Phi) is 3.99. The molecule has 0 aliphatic heterocycles. The molecule has 0 spiro atoms. The van der Waals surface area contributed by atoms with Crippen LogP contribution in [0, 0.1) is 5.82 Å². The van der Waals surface area contributed by atoms with Crippen LogP contribution in [0.4, 0.5) is 4.39 Å². The van der Waals surface area contributed by atoms with E-state index in [4.69, 9.17) is 0 Å². The monoisotopic (exact) mass is 245 g/mol. The predicted molar refractivity (Wildman–Crippen MR) is 69.4 cm³/mol. The van der Waals surface area contributed by atoms with Crippen LogP contribution >= 0.6 is 0 Å². The van der Waals surface area contributed by atoms with Gasteiger partial charge in [-0.25, -0.2) is 14.4 Å². The second-order valence-electron chi connectivity index (χ2n) is 4.41. The van der Waals surface area contributed by atoms with Gasteiger partial charge < -0.3 is 5.32 Å². The molecule has 2 rings (SSSR count). The lowest BCUT2D eigenvalue weighted by atomic mass is 10.2. The number of nitrogens with one attached hydrogen (secondary N) is 1. The second kappa shape index (κ2) is 5.69. The molecule has 2 aromatic rings. The lowest BCUT2D eigenvalue weighted by molar-refractivity contribution is 0.581. The van der Waals surface area contributed by atoms with E-state index in [0.717, 1.165) is 11.3 Å². The first-order valence-electron chi connectivity index (χ1n) is 5.96. The molecule has 94 valence electrons. The molecule has 1 N–H and O–H groups in total. The highest BCUT2D eigenvalue weighted by Crippen LogP contribution is 2.15. The molecule has 4 heteroatoms.